The third-order valence-corrected chi connectivity index (χ3v) is 6.51. The lowest BCUT2D eigenvalue weighted by molar-refractivity contribution is -0.147. The van der Waals surface area contributed by atoms with Crippen LogP contribution in [0.2, 0.25) is 0 Å². The van der Waals surface area contributed by atoms with Crippen molar-refractivity contribution in [3.63, 3.8) is 0 Å². The molecule has 32 heavy (non-hydrogen) atoms. The predicted octanol–water partition coefficient (Wildman–Crippen LogP) is 5.35. The highest BCUT2D eigenvalue weighted by Crippen LogP contribution is 2.34. The van der Waals surface area contributed by atoms with E-state index in [0.717, 1.165) is 22.4 Å². The van der Waals surface area contributed by atoms with Gasteiger partial charge in [0.05, 0.1) is 13.7 Å². The number of hydrogen-bond donors (Lipinski definition) is 0. The third kappa shape index (κ3) is 4.58. The van der Waals surface area contributed by atoms with Crippen LogP contribution in [0.25, 0.3) is 10.1 Å². The molecule has 3 aromatic rings. The van der Waals surface area contributed by atoms with Gasteiger partial charge in [-0.05, 0) is 52.4 Å². The second-order valence-electron chi connectivity index (χ2n) is 8.25. The van der Waals surface area contributed by atoms with Gasteiger partial charge in [0.1, 0.15) is 12.4 Å². The molecule has 0 saturated carbocycles. The molecule has 0 bridgehead atoms. The summed E-state index contributed by atoms with van der Waals surface area (Å²) in [5, 5.41) is 3.33. The summed E-state index contributed by atoms with van der Waals surface area (Å²) >= 11 is 1.71. The topological polar surface area (TPSA) is 65.1 Å². The molecule has 1 amide bonds. The van der Waals surface area contributed by atoms with Crippen molar-refractivity contribution in [1.82, 2.24) is 4.90 Å². The van der Waals surface area contributed by atoms with Gasteiger partial charge in [-0.2, -0.15) is 0 Å². The van der Waals surface area contributed by atoms with Gasteiger partial charge in [0.15, 0.2) is 6.04 Å². The molecule has 1 aromatic heterocycles. The number of carbonyl (C=O) groups is 2. The van der Waals surface area contributed by atoms with Crippen molar-refractivity contribution in [3.05, 3.63) is 64.5 Å². The molecule has 1 aliphatic heterocycles. The maximum absolute atomic E-state index is 12.6. The summed E-state index contributed by atoms with van der Waals surface area (Å²) in [6.07, 6.45) is 0.113. The monoisotopic (exact) mass is 453 g/mol. The van der Waals surface area contributed by atoms with Crippen LogP contribution in [0.15, 0.2) is 47.8 Å². The van der Waals surface area contributed by atoms with E-state index >= 15 is 0 Å². The molecule has 0 spiro atoms. The summed E-state index contributed by atoms with van der Waals surface area (Å²) in [4.78, 5) is 26.6. The number of methoxy groups -OCH3 is 1. The van der Waals surface area contributed by atoms with Crippen LogP contribution in [-0.4, -0.2) is 37.2 Å². The van der Waals surface area contributed by atoms with Gasteiger partial charge in [0.2, 0.25) is 0 Å². The van der Waals surface area contributed by atoms with Crippen molar-refractivity contribution in [2.75, 3.05) is 20.3 Å². The van der Waals surface area contributed by atoms with E-state index in [4.69, 9.17) is 14.2 Å². The van der Waals surface area contributed by atoms with Crippen LogP contribution in [-0.2, 0) is 27.3 Å². The van der Waals surface area contributed by atoms with E-state index in [0.29, 0.717) is 26.2 Å². The van der Waals surface area contributed by atoms with Crippen molar-refractivity contribution >= 4 is 33.5 Å². The Morgan fingerprint density at radius 1 is 1.19 bits per heavy atom. The number of esters is 1. The number of benzene rings is 2. The van der Waals surface area contributed by atoms with Crippen molar-refractivity contribution < 1.29 is 23.8 Å². The van der Waals surface area contributed by atoms with Crippen LogP contribution in [0.4, 0.5) is 4.79 Å². The van der Waals surface area contributed by atoms with Crippen LogP contribution in [0.5, 0.6) is 5.75 Å². The maximum Gasteiger partial charge on any atom is 0.410 e. The second-order valence-corrected chi connectivity index (χ2v) is 9.16. The molecular formula is C25H27NO5S. The zero-order valence-corrected chi connectivity index (χ0v) is 19.3. The molecule has 6 nitrogen and oxygen atoms in total. The number of fused-ring (bicyclic) bond motifs is 2. The highest BCUT2D eigenvalue weighted by molar-refractivity contribution is 7.17. The van der Waals surface area contributed by atoms with Gasteiger partial charge in [-0.3, -0.25) is 4.90 Å². The lowest BCUT2D eigenvalue weighted by Crippen LogP contribution is -2.44. The first-order chi connectivity index (χ1) is 15.5. The minimum Gasteiger partial charge on any atom is -0.489 e. The molecule has 0 saturated heterocycles. The van der Waals surface area contributed by atoms with Gasteiger partial charge in [0.25, 0.3) is 0 Å². The van der Waals surface area contributed by atoms with E-state index in [2.05, 4.69) is 17.5 Å². The van der Waals surface area contributed by atoms with Crippen LogP contribution in [0.3, 0.4) is 0 Å². The first kappa shape index (κ1) is 22.1. The number of thiophene rings is 1. The van der Waals surface area contributed by atoms with Gasteiger partial charge in [-0.15, -0.1) is 11.3 Å². The molecule has 0 N–H and O–H groups in total. The van der Waals surface area contributed by atoms with Gasteiger partial charge < -0.3 is 14.2 Å². The SMILES string of the molecule is COC(=O)C1c2ccc(OCc3csc4ccccc34)cc2CCN1C(=O)OCC(C)C. The molecule has 1 unspecified atom stereocenters. The molecule has 1 aliphatic rings. The fourth-order valence-electron chi connectivity index (χ4n) is 3.88. The van der Waals surface area contributed by atoms with E-state index in [1.165, 1.54) is 22.1 Å². The highest BCUT2D eigenvalue weighted by atomic mass is 32.1. The minimum atomic E-state index is -0.821. The zero-order valence-electron chi connectivity index (χ0n) is 18.5. The standard InChI is InChI=1S/C25H27NO5S/c1-16(2)13-31-25(28)26-11-10-17-12-19(8-9-21(17)23(26)24(27)29-3)30-14-18-15-32-22-7-5-4-6-20(18)22/h4-9,12,15-16,23H,10-11,13-14H2,1-3H3. The van der Waals surface area contributed by atoms with Crippen LogP contribution in [0, 0.1) is 5.92 Å². The lowest BCUT2D eigenvalue weighted by atomic mass is 9.92. The van der Waals surface area contributed by atoms with E-state index in [1.807, 2.05) is 44.2 Å². The summed E-state index contributed by atoms with van der Waals surface area (Å²) in [6.45, 7) is 5.09. The number of ether oxygens (including phenoxy) is 3. The summed E-state index contributed by atoms with van der Waals surface area (Å²) in [5.74, 6) is 0.469. The van der Waals surface area contributed by atoms with Crippen LogP contribution < -0.4 is 4.74 Å². The molecule has 4 rings (SSSR count). The smallest absolute Gasteiger partial charge is 0.410 e. The van der Waals surface area contributed by atoms with Gasteiger partial charge >= 0.3 is 12.1 Å². The van der Waals surface area contributed by atoms with E-state index in [1.54, 1.807) is 11.3 Å². The highest BCUT2D eigenvalue weighted by Gasteiger charge is 2.38. The fourth-order valence-corrected chi connectivity index (χ4v) is 4.83. The number of rotatable bonds is 6. The Morgan fingerprint density at radius 3 is 2.78 bits per heavy atom. The number of nitrogens with zero attached hydrogens (tertiary/aromatic N) is 1. The van der Waals surface area contributed by atoms with E-state index < -0.39 is 18.1 Å². The van der Waals surface area contributed by atoms with Gasteiger partial charge in [-0.25, -0.2) is 9.59 Å². The van der Waals surface area contributed by atoms with Crippen LogP contribution >= 0.6 is 11.3 Å². The lowest BCUT2D eigenvalue weighted by Gasteiger charge is -2.35. The molecule has 0 aliphatic carbocycles. The molecule has 7 heteroatoms. The average molecular weight is 454 g/mol. The maximum atomic E-state index is 12.6. The Labute approximate surface area is 191 Å². The normalized spacial score (nSPS) is 15.5. The van der Waals surface area contributed by atoms with E-state index in [-0.39, 0.29) is 5.92 Å². The Bertz CT molecular complexity index is 1120. The largest absolute Gasteiger partial charge is 0.489 e. The van der Waals surface area contributed by atoms with Gasteiger partial charge in [-0.1, -0.05) is 38.1 Å². The number of hydrogen-bond acceptors (Lipinski definition) is 6. The molecule has 168 valence electrons. The first-order valence-electron chi connectivity index (χ1n) is 10.7. The average Bonchev–Trinajstić information content (AvgIpc) is 3.22. The molecule has 0 radical (unpaired) electrons. The Hall–Kier alpha value is -3.06. The molecule has 2 aromatic carbocycles. The number of amides is 1. The summed E-state index contributed by atoms with van der Waals surface area (Å²) in [7, 11) is 1.33. The Balaban J connectivity index is 1.52. The Kier molecular flexibility index (Phi) is 6.65. The number of carbonyl (C=O) groups excluding carboxylic acids is 2. The third-order valence-electron chi connectivity index (χ3n) is 5.50. The second kappa shape index (κ2) is 9.61. The zero-order chi connectivity index (χ0) is 22.7. The molecular weight excluding hydrogens is 426 g/mol. The summed E-state index contributed by atoms with van der Waals surface area (Å²) in [6, 6.07) is 13.1. The molecule has 0 fully saturated rings. The molecule has 2 heterocycles. The molecule has 1 atom stereocenters. The Morgan fingerprint density at radius 2 is 2.00 bits per heavy atom. The quantitative estimate of drug-likeness (QED) is 0.471. The van der Waals surface area contributed by atoms with Crippen molar-refractivity contribution in [2.24, 2.45) is 5.92 Å². The summed E-state index contributed by atoms with van der Waals surface area (Å²) < 4.78 is 17.7. The first-order valence-corrected chi connectivity index (χ1v) is 11.6. The van der Waals surface area contributed by atoms with Crippen LogP contribution in [0.1, 0.15) is 36.6 Å². The predicted molar refractivity (Wildman–Crippen MR) is 124 cm³/mol. The van der Waals surface area contributed by atoms with E-state index in [9.17, 15) is 9.59 Å². The fraction of sp³-hybridized carbons (Fsp3) is 0.360. The minimum absolute atomic E-state index is 0.215. The van der Waals surface area contributed by atoms with Crippen molar-refractivity contribution in [1.29, 1.82) is 0 Å². The van der Waals surface area contributed by atoms with Crippen molar-refractivity contribution in [3.8, 4) is 5.75 Å². The van der Waals surface area contributed by atoms with Crippen molar-refractivity contribution in [2.45, 2.75) is 32.9 Å². The van der Waals surface area contributed by atoms with Gasteiger partial charge in [0, 0.05) is 16.8 Å². The summed E-state index contributed by atoms with van der Waals surface area (Å²) in [5.41, 5.74) is 2.87.